The molecule has 74 valence electrons. The van der Waals surface area contributed by atoms with Crippen LogP contribution >= 0.6 is 0 Å². The fraction of sp³-hybridized carbons (Fsp3) is 0.444. The standard InChI is InChI=1S/C9H12N4O/c10-7-1-4-13(6-7)9(14)8-5-11-2-3-12-8/h2-3,5,7H,1,4,6,10H2. The van der Waals surface area contributed by atoms with Crippen LogP contribution in [0.4, 0.5) is 0 Å². The number of nitrogens with zero attached hydrogens (tertiary/aromatic N) is 3. The monoisotopic (exact) mass is 192 g/mol. The molecule has 1 aromatic heterocycles. The second kappa shape index (κ2) is 3.71. The first-order valence-corrected chi connectivity index (χ1v) is 4.58. The first-order chi connectivity index (χ1) is 6.77. The van der Waals surface area contributed by atoms with E-state index in [2.05, 4.69) is 9.97 Å². The van der Waals surface area contributed by atoms with Gasteiger partial charge in [-0.25, -0.2) is 4.98 Å². The van der Waals surface area contributed by atoms with E-state index < -0.39 is 0 Å². The first kappa shape index (κ1) is 9.08. The number of hydrogen-bond donors (Lipinski definition) is 1. The fourth-order valence-electron chi connectivity index (χ4n) is 1.54. The maximum atomic E-state index is 11.8. The van der Waals surface area contributed by atoms with Crippen molar-refractivity contribution in [2.75, 3.05) is 13.1 Å². The first-order valence-electron chi connectivity index (χ1n) is 4.58. The zero-order chi connectivity index (χ0) is 9.97. The summed E-state index contributed by atoms with van der Waals surface area (Å²) in [6, 6.07) is 0.107. The molecule has 2 rings (SSSR count). The third-order valence-corrected chi connectivity index (χ3v) is 2.29. The number of hydrogen-bond acceptors (Lipinski definition) is 4. The van der Waals surface area contributed by atoms with E-state index in [0.29, 0.717) is 12.2 Å². The second-order valence-electron chi connectivity index (χ2n) is 3.39. The van der Waals surface area contributed by atoms with E-state index in [-0.39, 0.29) is 11.9 Å². The highest BCUT2D eigenvalue weighted by Crippen LogP contribution is 2.09. The van der Waals surface area contributed by atoms with Crippen LogP contribution < -0.4 is 5.73 Å². The van der Waals surface area contributed by atoms with Gasteiger partial charge in [0.1, 0.15) is 5.69 Å². The predicted octanol–water partition coefficient (Wildman–Crippen LogP) is -0.350. The van der Waals surface area contributed by atoms with E-state index in [1.165, 1.54) is 12.4 Å². The predicted molar refractivity (Wildman–Crippen MR) is 50.5 cm³/mol. The summed E-state index contributed by atoms with van der Waals surface area (Å²) in [5.41, 5.74) is 6.10. The van der Waals surface area contributed by atoms with Gasteiger partial charge >= 0.3 is 0 Å². The van der Waals surface area contributed by atoms with Gasteiger partial charge < -0.3 is 10.6 Å². The molecule has 1 saturated heterocycles. The van der Waals surface area contributed by atoms with Crippen LogP contribution in [-0.4, -0.2) is 39.9 Å². The third-order valence-electron chi connectivity index (χ3n) is 2.29. The molecule has 0 saturated carbocycles. The molecule has 0 bridgehead atoms. The Balaban J connectivity index is 2.10. The molecule has 0 radical (unpaired) electrons. The summed E-state index contributed by atoms with van der Waals surface area (Å²) in [4.78, 5) is 21.3. The molecule has 0 spiro atoms. The highest BCUT2D eigenvalue weighted by molar-refractivity contribution is 5.92. The highest BCUT2D eigenvalue weighted by Gasteiger charge is 2.25. The van der Waals surface area contributed by atoms with Crippen LogP contribution in [0.15, 0.2) is 18.6 Å². The van der Waals surface area contributed by atoms with Gasteiger partial charge in [0.25, 0.3) is 5.91 Å². The number of carbonyl (C=O) groups is 1. The van der Waals surface area contributed by atoms with Gasteiger partial charge in [-0.15, -0.1) is 0 Å². The number of rotatable bonds is 1. The molecule has 2 N–H and O–H groups in total. The molecule has 2 heterocycles. The molecule has 1 fully saturated rings. The topological polar surface area (TPSA) is 72.1 Å². The Morgan fingerprint density at radius 1 is 1.57 bits per heavy atom. The lowest BCUT2D eigenvalue weighted by atomic mass is 10.3. The Morgan fingerprint density at radius 2 is 2.43 bits per heavy atom. The van der Waals surface area contributed by atoms with Gasteiger partial charge in [-0.05, 0) is 6.42 Å². The van der Waals surface area contributed by atoms with Gasteiger partial charge in [0.05, 0.1) is 6.20 Å². The lowest BCUT2D eigenvalue weighted by molar-refractivity contribution is 0.0784. The summed E-state index contributed by atoms with van der Waals surface area (Å²) >= 11 is 0. The smallest absolute Gasteiger partial charge is 0.274 e. The summed E-state index contributed by atoms with van der Waals surface area (Å²) < 4.78 is 0. The minimum atomic E-state index is -0.0777. The molecule has 5 nitrogen and oxygen atoms in total. The Labute approximate surface area is 82.0 Å². The lowest BCUT2D eigenvalue weighted by Gasteiger charge is -2.14. The summed E-state index contributed by atoms with van der Waals surface area (Å²) in [7, 11) is 0. The zero-order valence-electron chi connectivity index (χ0n) is 7.76. The van der Waals surface area contributed by atoms with Gasteiger partial charge in [-0.1, -0.05) is 0 Å². The van der Waals surface area contributed by atoms with Crippen LogP contribution in [0.2, 0.25) is 0 Å². The van der Waals surface area contributed by atoms with Crippen molar-refractivity contribution in [1.29, 1.82) is 0 Å². The molecule has 1 amide bonds. The van der Waals surface area contributed by atoms with Crippen molar-refractivity contribution in [2.24, 2.45) is 5.73 Å². The summed E-state index contributed by atoms with van der Waals surface area (Å²) in [5, 5.41) is 0. The van der Waals surface area contributed by atoms with E-state index in [0.717, 1.165) is 13.0 Å². The maximum Gasteiger partial charge on any atom is 0.274 e. The number of carbonyl (C=O) groups excluding carboxylic acids is 1. The fourth-order valence-corrected chi connectivity index (χ4v) is 1.54. The minimum absolute atomic E-state index is 0.0777. The number of aromatic nitrogens is 2. The molecular weight excluding hydrogens is 180 g/mol. The van der Waals surface area contributed by atoms with E-state index in [4.69, 9.17) is 5.73 Å². The van der Waals surface area contributed by atoms with Crippen LogP contribution in [-0.2, 0) is 0 Å². The van der Waals surface area contributed by atoms with Crippen molar-refractivity contribution in [1.82, 2.24) is 14.9 Å². The minimum Gasteiger partial charge on any atom is -0.336 e. The van der Waals surface area contributed by atoms with E-state index in [1.54, 1.807) is 11.1 Å². The van der Waals surface area contributed by atoms with E-state index >= 15 is 0 Å². The molecular formula is C9H12N4O. The van der Waals surface area contributed by atoms with Crippen molar-refractivity contribution in [3.05, 3.63) is 24.3 Å². The molecule has 1 aromatic rings. The molecule has 0 aliphatic carbocycles. The molecule has 1 atom stereocenters. The summed E-state index contributed by atoms with van der Waals surface area (Å²) in [5.74, 6) is -0.0777. The Hall–Kier alpha value is -1.49. The van der Waals surface area contributed by atoms with Gasteiger partial charge in [0, 0.05) is 31.5 Å². The molecule has 1 aliphatic heterocycles. The van der Waals surface area contributed by atoms with Crippen molar-refractivity contribution >= 4 is 5.91 Å². The molecule has 0 aromatic carbocycles. The van der Waals surface area contributed by atoms with E-state index in [9.17, 15) is 4.79 Å². The van der Waals surface area contributed by atoms with Crippen LogP contribution in [0.5, 0.6) is 0 Å². The average molecular weight is 192 g/mol. The second-order valence-corrected chi connectivity index (χ2v) is 3.39. The highest BCUT2D eigenvalue weighted by atomic mass is 16.2. The largest absolute Gasteiger partial charge is 0.336 e. The van der Waals surface area contributed by atoms with Crippen LogP contribution in [0.1, 0.15) is 16.9 Å². The van der Waals surface area contributed by atoms with E-state index in [1.807, 2.05) is 0 Å². The number of likely N-dealkylation sites (tertiary alicyclic amines) is 1. The summed E-state index contributed by atoms with van der Waals surface area (Å²) in [6.45, 7) is 1.34. The van der Waals surface area contributed by atoms with Crippen molar-refractivity contribution in [3.8, 4) is 0 Å². The SMILES string of the molecule is NC1CCN(C(=O)c2cnccn2)C1. The number of nitrogens with two attached hydrogens (primary N) is 1. The Kier molecular flexibility index (Phi) is 2.41. The van der Waals surface area contributed by atoms with Crippen LogP contribution in [0.3, 0.4) is 0 Å². The van der Waals surface area contributed by atoms with Gasteiger partial charge in [0.2, 0.25) is 0 Å². The number of amides is 1. The Bertz CT molecular complexity index is 327. The van der Waals surface area contributed by atoms with Crippen molar-refractivity contribution in [3.63, 3.8) is 0 Å². The maximum absolute atomic E-state index is 11.8. The average Bonchev–Trinajstić information content (AvgIpc) is 2.65. The van der Waals surface area contributed by atoms with Gasteiger partial charge in [0.15, 0.2) is 0 Å². The van der Waals surface area contributed by atoms with Gasteiger partial charge in [-0.3, -0.25) is 9.78 Å². The van der Waals surface area contributed by atoms with Crippen LogP contribution in [0.25, 0.3) is 0 Å². The lowest BCUT2D eigenvalue weighted by Crippen LogP contribution is -2.32. The molecule has 14 heavy (non-hydrogen) atoms. The summed E-state index contributed by atoms with van der Waals surface area (Å²) in [6.07, 6.45) is 5.41. The third kappa shape index (κ3) is 1.72. The van der Waals surface area contributed by atoms with Crippen molar-refractivity contribution < 1.29 is 4.79 Å². The van der Waals surface area contributed by atoms with Crippen LogP contribution in [0, 0.1) is 0 Å². The Morgan fingerprint density at radius 3 is 3.00 bits per heavy atom. The molecule has 1 aliphatic rings. The normalized spacial score (nSPS) is 21.2. The molecule has 1 unspecified atom stereocenters. The van der Waals surface area contributed by atoms with Gasteiger partial charge in [-0.2, -0.15) is 0 Å². The van der Waals surface area contributed by atoms with Crippen molar-refractivity contribution in [2.45, 2.75) is 12.5 Å². The quantitative estimate of drug-likeness (QED) is 0.660. The molecule has 5 heteroatoms. The zero-order valence-corrected chi connectivity index (χ0v) is 7.76.